The Morgan fingerprint density at radius 2 is 2.19 bits per heavy atom. The van der Waals surface area contributed by atoms with Crippen LogP contribution in [0, 0.1) is 0 Å². The summed E-state index contributed by atoms with van der Waals surface area (Å²) in [5, 5.41) is 0. The Morgan fingerprint density at radius 1 is 1.38 bits per heavy atom. The van der Waals surface area contributed by atoms with Crippen molar-refractivity contribution in [2.24, 2.45) is 5.73 Å². The van der Waals surface area contributed by atoms with Gasteiger partial charge in [-0.05, 0) is 43.7 Å². The van der Waals surface area contributed by atoms with Gasteiger partial charge in [-0.3, -0.25) is 0 Å². The molecule has 1 saturated carbocycles. The van der Waals surface area contributed by atoms with Crippen LogP contribution in [0.15, 0.2) is 24.3 Å². The standard InChI is InChI=1S/C18H27NO2/c1-2-15(19)12-14-6-3-4-7-17(14)21-16-8-11-20-18(13-16)9-5-10-18/h3-4,6-7,15-16H,2,5,8-13,19H2,1H3. The molecule has 2 N–H and O–H groups in total. The number of rotatable bonds is 5. The lowest BCUT2D eigenvalue weighted by atomic mass is 9.74. The molecule has 0 amide bonds. The third-order valence-corrected chi connectivity index (χ3v) is 4.99. The van der Waals surface area contributed by atoms with Gasteiger partial charge in [-0.25, -0.2) is 0 Å². The molecule has 2 unspecified atom stereocenters. The maximum atomic E-state index is 6.33. The first kappa shape index (κ1) is 14.9. The molecule has 1 aromatic rings. The minimum Gasteiger partial charge on any atom is -0.490 e. The maximum absolute atomic E-state index is 6.33. The number of hydrogen-bond donors (Lipinski definition) is 1. The SMILES string of the molecule is CCC(N)Cc1ccccc1OC1CCOC2(CCC2)C1. The maximum Gasteiger partial charge on any atom is 0.122 e. The zero-order valence-electron chi connectivity index (χ0n) is 13.0. The highest BCUT2D eigenvalue weighted by Crippen LogP contribution is 2.43. The lowest BCUT2D eigenvalue weighted by Crippen LogP contribution is -2.48. The van der Waals surface area contributed by atoms with Crippen LogP contribution in [0.4, 0.5) is 0 Å². The van der Waals surface area contributed by atoms with Gasteiger partial charge in [0.1, 0.15) is 11.9 Å². The molecule has 1 spiro atoms. The summed E-state index contributed by atoms with van der Waals surface area (Å²) in [6.07, 6.45) is 7.92. The van der Waals surface area contributed by atoms with Crippen molar-refractivity contribution in [3.63, 3.8) is 0 Å². The molecule has 1 aliphatic heterocycles. The highest BCUT2D eigenvalue weighted by Gasteiger charge is 2.43. The Morgan fingerprint density at radius 3 is 2.90 bits per heavy atom. The molecule has 0 radical (unpaired) electrons. The van der Waals surface area contributed by atoms with E-state index in [-0.39, 0.29) is 17.7 Å². The van der Waals surface area contributed by atoms with Gasteiger partial charge in [0.05, 0.1) is 12.2 Å². The summed E-state index contributed by atoms with van der Waals surface area (Å²) in [7, 11) is 0. The van der Waals surface area contributed by atoms with Crippen LogP contribution in [-0.4, -0.2) is 24.4 Å². The summed E-state index contributed by atoms with van der Waals surface area (Å²) in [5.41, 5.74) is 7.48. The number of para-hydroxylation sites is 1. The van der Waals surface area contributed by atoms with Gasteiger partial charge in [0.25, 0.3) is 0 Å². The molecule has 0 aromatic heterocycles. The molecule has 21 heavy (non-hydrogen) atoms. The first-order chi connectivity index (χ1) is 10.2. The van der Waals surface area contributed by atoms with Crippen molar-refractivity contribution in [1.82, 2.24) is 0 Å². The number of hydrogen-bond acceptors (Lipinski definition) is 3. The molecule has 3 heteroatoms. The molecule has 1 aromatic carbocycles. The minimum absolute atomic E-state index is 0.137. The third-order valence-electron chi connectivity index (χ3n) is 4.99. The van der Waals surface area contributed by atoms with Crippen LogP contribution in [0.3, 0.4) is 0 Å². The summed E-state index contributed by atoms with van der Waals surface area (Å²) in [5.74, 6) is 1.02. The molecule has 2 fully saturated rings. The van der Waals surface area contributed by atoms with Crippen LogP contribution < -0.4 is 10.5 Å². The Kier molecular flexibility index (Phi) is 4.51. The second-order valence-corrected chi connectivity index (χ2v) is 6.60. The normalized spacial score (nSPS) is 25.3. The van der Waals surface area contributed by atoms with Crippen molar-refractivity contribution < 1.29 is 9.47 Å². The van der Waals surface area contributed by atoms with E-state index in [0.717, 1.165) is 38.0 Å². The van der Waals surface area contributed by atoms with E-state index in [9.17, 15) is 0 Å². The Bertz CT molecular complexity index is 470. The molecular formula is C18H27NO2. The molecule has 3 rings (SSSR count). The number of ether oxygens (including phenoxy) is 2. The summed E-state index contributed by atoms with van der Waals surface area (Å²) < 4.78 is 12.3. The molecule has 2 atom stereocenters. The average Bonchev–Trinajstić information content (AvgIpc) is 2.48. The van der Waals surface area contributed by atoms with E-state index in [0.29, 0.717) is 0 Å². The fraction of sp³-hybridized carbons (Fsp3) is 0.667. The average molecular weight is 289 g/mol. The lowest BCUT2D eigenvalue weighted by Gasteiger charge is -2.47. The topological polar surface area (TPSA) is 44.5 Å². The minimum atomic E-state index is 0.137. The summed E-state index contributed by atoms with van der Waals surface area (Å²) in [6, 6.07) is 8.56. The van der Waals surface area contributed by atoms with Gasteiger partial charge in [-0.2, -0.15) is 0 Å². The quantitative estimate of drug-likeness (QED) is 0.903. The fourth-order valence-corrected chi connectivity index (χ4v) is 3.40. The molecule has 1 aliphatic carbocycles. The largest absolute Gasteiger partial charge is 0.490 e. The van der Waals surface area contributed by atoms with Crippen molar-refractivity contribution in [2.45, 2.75) is 69.6 Å². The lowest BCUT2D eigenvalue weighted by molar-refractivity contribution is -0.153. The Balaban J connectivity index is 1.66. The first-order valence-electron chi connectivity index (χ1n) is 8.35. The van der Waals surface area contributed by atoms with Gasteiger partial charge in [0.2, 0.25) is 0 Å². The highest BCUT2D eigenvalue weighted by molar-refractivity contribution is 5.34. The summed E-state index contributed by atoms with van der Waals surface area (Å²) >= 11 is 0. The van der Waals surface area contributed by atoms with Crippen molar-refractivity contribution in [3.8, 4) is 5.75 Å². The Hall–Kier alpha value is -1.06. The van der Waals surface area contributed by atoms with Gasteiger partial charge >= 0.3 is 0 Å². The van der Waals surface area contributed by atoms with Crippen molar-refractivity contribution in [2.75, 3.05) is 6.61 Å². The van der Waals surface area contributed by atoms with Gasteiger partial charge in [0.15, 0.2) is 0 Å². The van der Waals surface area contributed by atoms with Crippen LogP contribution in [0.25, 0.3) is 0 Å². The van der Waals surface area contributed by atoms with E-state index >= 15 is 0 Å². The number of benzene rings is 1. The Labute approximate surface area is 127 Å². The molecule has 0 bridgehead atoms. The molecule has 1 saturated heterocycles. The molecule has 116 valence electrons. The van der Waals surface area contributed by atoms with Gasteiger partial charge < -0.3 is 15.2 Å². The summed E-state index contributed by atoms with van der Waals surface area (Å²) in [4.78, 5) is 0. The first-order valence-corrected chi connectivity index (χ1v) is 8.35. The van der Waals surface area contributed by atoms with Crippen molar-refractivity contribution in [3.05, 3.63) is 29.8 Å². The number of nitrogens with two attached hydrogens (primary N) is 1. The van der Waals surface area contributed by atoms with Crippen molar-refractivity contribution in [1.29, 1.82) is 0 Å². The predicted octanol–water partition coefficient (Wildman–Crippen LogP) is 3.45. The van der Waals surface area contributed by atoms with Gasteiger partial charge in [-0.1, -0.05) is 25.1 Å². The zero-order chi connectivity index (χ0) is 14.7. The van der Waals surface area contributed by atoms with Crippen LogP contribution in [-0.2, 0) is 11.2 Å². The fourth-order valence-electron chi connectivity index (χ4n) is 3.40. The third kappa shape index (κ3) is 3.41. The van der Waals surface area contributed by atoms with Gasteiger partial charge in [-0.15, -0.1) is 0 Å². The molecule has 1 heterocycles. The molecule has 2 aliphatic rings. The van der Waals surface area contributed by atoms with Crippen LogP contribution in [0.5, 0.6) is 5.75 Å². The molecule has 3 nitrogen and oxygen atoms in total. The van der Waals surface area contributed by atoms with Gasteiger partial charge in [0, 0.05) is 18.9 Å². The zero-order valence-corrected chi connectivity index (χ0v) is 13.0. The van der Waals surface area contributed by atoms with Crippen molar-refractivity contribution >= 4 is 0 Å². The van der Waals surface area contributed by atoms with E-state index < -0.39 is 0 Å². The van der Waals surface area contributed by atoms with Crippen LogP contribution in [0.1, 0.15) is 51.0 Å². The van der Waals surface area contributed by atoms with Crippen LogP contribution in [0.2, 0.25) is 0 Å². The highest BCUT2D eigenvalue weighted by atomic mass is 16.5. The van der Waals surface area contributed by atoms with E-state index in [1.807, 2.05) is 0 Å². The predicted molar refractivity (Wildman–Crippen MR) is 84.6 cm³/mol. The second kappa shape index (κ2) is 6.37. The molecular weight excluding hydrogens is 262 g/mol. The summed E-state index contributed by atoms with van der Waals surface area (Å²) in [6.45, 7) is 2.97. The smallest absolute Gasteiger partial charge is 0.122 e. The van der Waals surface area contributed by atoms with E-state index in [1.54, 1.807) is 0 Å². The van der Waals surface area contributed by atoms with E-state index in [1.165, 1.54) is 24.8 Å². The van der Waals surface area contributed by atoms with E-state index in [4.69, 9.17) is 15.2 Å². The monoisotopic (exact) mass is 289 g/mol. The second-order valence-electron chi connectivity index (χ2n) is 6.60. The van der Waals surface area contributed by atoms with Crippen LogP contribution >= 0.6 is 0 Å². The van der Waals surface area contributed by atoms with E-state index in [2.05, 4.69) is 31.2 Å².